The van der Waals surface area contributed by atoms with Gasteiger partial charge in [0.15, 0.2) is 0 Å². The molecule has 0 aliphatic heterocycles. The maximum atomic E-state index is 12.8. The zero-order valence-electron chi connectivity index (χ0n) is 15.2. The zero-order valence-corrected chi connectivity index (χ0v) is 15.2. The van der Waals surface area contributed by atoms with Gasteiger partial charge in [0.05, 0.1) is 30.1 Å². The third-order valence-corrected chi connectivity index (χ3v) is 4.18. The van der Waals surface area contributed by atoms with Gasteiger partial charge >= 0.3 is 0 Å². The van der Waals surface area contributed by atoms with Gasteiger partial charge in [-0.1, -0.05) is 31.9 Å². The molecule has 0 aliphatic carbocycles. The predicted molar refractivity (Wildman–Crippen MR) is 98.6 cm³/mol. The summed E-state index contributed by atoms with van der Waals surface area (Å²) >= 11 is 0. The number of nitrogens with one attached hydrogen (secondary N) is 1. The molecular formula is C19H27N3O3. The number of methoxy groups -OCH3 is 1. The topological polar surface area (TPSA) is 73.2 Å². The summed E-state index contributed by atoms with van der Waals surface area (Å²) in [6, 6.07) is 6.92. The standard InChI is InChI=1S/C19H27N3O3/c1-4-5-6-11-17(23)20-14(2)18-21-16-10-8-7-9-15(16)19(24)22(18)12-13-25-3/h7-10,14H,4-6,11-13H2,1-3H3,(H,20,23)/t14-/m1/s1. The van der Waals surface area contributed by atoms with Crippen molar-refractivity contribution in [1.29, 1.82) is 0 Å². The number of amides is 1. The fourth-order valence-electron chi connectivity index (χ4n) is 2.83. The second kappa shape index (κ2) is 9.32. The number of carbonyl (C=O) groups excluding carboxylic acids is 1. The molecule has 0 saturated carbocycles. The highest BCUT2D eigenvalue weighted by molar-refractivity contribution is 5.78. The van der Waals surface area contributed by atoms with Gasteiger partial charge in [-0.2, -0.15) is 0 Å². The maximum Gasteiger partial charge on any atom is 0.261 e. The van der Waals surface area contributed by atoms with Crippen molar-refractivity contribution in [2.45, 2.75) is 52.1 Å². The van der Waals surface area contributed by atoms with Crippen molar-refractivity contribution in [2.24, 2.45) is 0 Å². The van der Waals surface area contributed by atoms with Crippen LogP contribution < -0.4 is 10.9 Å². The van der Waals surface area contributed by atoms with Crippen LogP contribution in [0.15, 0.2) is 29.1 Å². The Kier molecular flexibility index (Phi) is 7.13. The summed E-state index contributed by atoms with van der Waals surface area (Å²) in [6.07, 6.45) is 3.48. The van der Waals surface area contributed by atoms with E-state index < -0.39 is 0 Å². The number of rotatable bonds is 9. The number of hydrogen-bond acceptors (Lipinski definition) is 4. The quantitative estimate of drug-likeness (QED) is 0.709. The smallest absolute Gasteiger partial charge is 0.261 e. The number of ether oxygens (including phenoxy) is 1. The van der Waals surface area contributed by atoms with Crippen LogP contribution in [0.25, 0.3) is 10.9 Å². The lowest BCUT2D eigenvalue weighted by Gasteiger charge is -2.19. The average Bonchev–Trinajstić information content (AvgIpc) is 2.61. The van der Waals surface area contributed by atoms with Gasteiger partial charge in [-0.3, -0.25) is 14.2 Å². The molecule has 1 aromatic carbocycles. The number of unbranched alkanes of at least 4 members (excludes halogenated alkanes) is 2. The Morgan fingerprint density at radius 3 is 2.80 bits per heavy atom. The molecule has 0 unspecified atom stereocenters. The molecule has 1 heterocycles. The molecule has 1 N–H and O–H groups in total. The zero-order chi connectivity index (χ0) is 18.2. The molecule has 0 radical (unpaired) electrons. The summed E-state index contributed by atoms with van der Waals surface area (Å²) in [5, 5.41) is 3.53. The number of hydrogen-bond donors (Lipinski definition) is 1. The van der Waals surface area contributed by atoms with Crippen molar-refractivity contribution in [3.8, 4) is 0 Å². The summed E-state index contributed by atoms with van der Waals surface area (Å²) in [5.41, 5.74) is 0.535. The Morgan fingerprint density at radius 1 is 1.32 bits per heavy atom. The monoisotopic (exact) mass is 345 g/mol. The third-order valence-electron chi connectivity index (χ3n) is 4.18. The number of para-hydroxylation sites is 1. The Balaban J connectivity index is 2.30. The fraction of sp³-hybridized carbons (Fsp3) is 0.526. The fourth-order valence-corrected chi connectivity index (χ4v) is 2.83. The SMILES string of the molecule is CCCCCC(=O)N[C@H](C)c1nc2ccccc2c(=O)n1CCOC. The van der Waals surface area contributed by atoms with E-state index in [0.29, 0.717) is 36.3 Å². The van der Waals surface area contributed by atoms with Crippen LogP contribution in [0.3, 0.4) is 0 Å². The number of carbonyl (C=O) groups is 1. The molecule has 0 bridgehead atoms. The highest BCUT2D eigenvalue weighted by Gasteiger charge is 2.18. The summed E-state index contributed by atoms with van der Waals surface area (Å²) in [5.74, 6) is 0.547. The molecule has 136 valence electrons. The normalized spacial score (nSPS) is 12.3. The van der Waals surface area contributed by atoms with Gasteiger partial charge in [-0.05, 0) is 25.5 Å². The van der Waals surface area contributed by atoms with E-state index in [9.17, 15) is 9.59 Å². The lowest BCUT2D eigenvalue weighted by atomic mass is 10.2. The highest BCUT2D eigenvalue weighted by atomic mass is 16.5. The Labute approximate surface area is 148 Å². The molecule has 6 heteroatoms. The second-order valence-corrected chi connectivity index (χ2v) is 6.18. The minimum atomic E-state index is -0.344. The Morgan fingerprint density at radius 2 is 2.08 bits per heavy atom. The molecule has 1 aromatic heterocycles. The predicted octanol–water partition coefficient (Wildman–Crippen LogP) is 2.80. The van der Waals surface area contributed by atoms with Crippen LogP contribution in [0.4, 0.5) is 0 Å². The van der Waals surface area contributed by atoms with Crippen LogP contribution in [-0.2, 0) is 16.1 Å². The number of benzene rings is 1. The third kappa shape index (κ3) is 4.89. The van der Waals surface area contributed by atoms with Crippen molar-refractivity contribution in [3.05, 3.63) is 40.4 Å². The largest absolute Gasteiger partial charge is 0.383 e. The van der Waals surface area contributed by atoms with Crippen molar-refractivity contribution >= 4 is 16.8 Å². The molecule has 1 amide bonds. The first kappa shape index (κ1) is 19.1. The summed E-state index contributed by atoms with van der Waals surface area (Å²) in [4.78, 5) is 29.6. The molecule has 0 aliphatic rings. The van der Waals surface area contributed by atoms with E-state index in [4.69, 9.17) is 4.74 Å². The molecular weight excluding hydrogens is 318 g/mol. The first-order valence-corrected chi connectivity index (χ1v) is 8.86. The molecule has 0 fully saturated rings. The lowest BCUT2D eigenvalue weighted by Crippen LogP contribution is -2.34. The molecule has 2 aromatic rings. The van der Waals surface area contributed by atoms with E-state index in [2.05, 4.69) is 17.2 Å². The molecule has 1 atom stereocenters. The van der Waals surface area contributed by atoms with E-state index in [1.54, 1.807) is 17.7 Å². The lowest BCUT2D eigenvalue weighted by molar-refractivity contribution is -0.121. The number of nitrogens with zero attached hydrogens (tertiary/aromatic N) is 2. The summed E-state index contributed by atoms with van der Waals surface area (Å²) in [6.45, 7) is 4.77. The first-order chi connectivity index (χ1) is 12.1. The van der Waals surface area contributed by atoms with E-state index in [0.717, 1.165) is 19.3 Å². The van der Waals surface area contributed by atoms with Crippen LogP contribution in [0.2, 0.25) is 0 Å². The van der Waals surface area contributed by atoms with Crippen LogP contribution in [-0.4, -0.2) is 29.2 Å². The Bertz CT molecular complexity index is 770. The van der Waals surface area contributed by atoms with E-state index in [1.807, 2.05) is 25.1 Å². The van der Waals surface area contributed by atoms with Gasteiger partial charge in [0.1, 0.15) is 5.82 Å². The van der Waals surface area contributed by atoms with Gasteiger partial charge in [0.2, 0.25) is 5.91 Å². The van der Waals surface area contributed by atoms with Crippen LogP contribution >= 0.6 is 0 Å². The average molecular weight is 345 g/mol. The van der Waals surface area contributed by atoms with Gasteiger partial charge in [-0.25, -0.2) is 4.98 Å². The van der Waals surface area contributed by atoms with Crippen LogP contribution in [0.1, 0.15) is 51.4 Å². The minimum Gasteiger partial charge on any atom is -0.383 e. The molecule has 2 rings (SSSR count). The Hall–Kier alpha value is -2.21. The van der Waals surface area contributed by atoms with Crippen molar-refractivity contribution in [1.82, 2.24) is 14.9 Å². The minimum absolute atomic E-state index is 0.0124. The van der Waals surface area contributed by atoms with Crippen molar-refractivity contribution in [3.63, 3.8) is 0 Å². The number of fused-ring (bicyclic) bond motifs is 1. The molecule has 0 spiro atoms. The number of aromatic nitrogens is 2. The van der Waals surface area contributed by atoms with Crippen molar-refractivity contribution in [2.75, 3.05) is 13.7 Å². The second-order valence-electron chi connectivity index (χ2n) is 6.18. The maximum absolute atomic E-state index is 12.8. The first-order valence-electron chi connectivity index (χ1n) is 8.86. The van der Waals surface area contributed by atoms with Gasteiger partial charge in [0.25, 0.3) is 5.56 Å². The van der Waals surface area contributed by atoms with E-state index in [-0.39, 0.29) is 17.5 Å². The summed E-state index contributed by atoms with van der Waals surface area (Å²) < 4.78 is 6.72. The van der Waals surface area contributed by atoms with Crippen molar-refractivity contribution < 1.29 is 9.53 Å². The van der Waals surface area contributed by atoms with E-state index >= 15 is 0 Å². The molecule has 0 saturated heterocycles. The summed E-state index contributed by atoms with van der Waals surface area (Å²) in [7, 11) is 1.60. The van der Waals surface area contributed by atoms with Gasteiger partial charge < -0.3 is 10.1 Å². The molecule has 6 nitrogen and oxygen atoms in total. The van der Waals surface area contributed by atoms with Gasteiger partial charge in [-0.15, -0.1) is 0 Å². The highest BCUT2D eigenvalue weighted by Crippen LogP contribution is 2.14. The van der Waals surface area contributed by atoms with Gasteiger partial charge in [0, 0.05) is 13.5 Å². The van der Waals surface area contributed by atoms with E-state index in [1.165, 1.54) is 0 Å². The van der Waals surface area contributed by atoms with Crippen LogP contribution in [0.5, 0.6) is 0 Å². The molecule has 25 heavy (non-hydrogen) atoms. The van der Waals surface area contributed by atoms with Crippen LogP contribution in [0, 0.1) is 0 Å².